The smallest absolute Gasteiger partial charge is 0.272 e. The summed E-state index contributed by atoms with van der Waals surface area (Å²) in [7, 11) is 0. The van der Waals surface area contributed by atoms with Crippen LogP contribution in [0.25, 0.3) is 0 Å². The second kappa shape index (κ2) is 5.31. The molecule has 0 spiro atoms. The minimum absolute atomic E-state index is 0.0512. The summed E-state index contributed by atoms with van der Waals surface area (Å²) in [4.78, 5) is 21.4. The van der Waals surface area contributed by atoms with Crippen molar-refractivity contribution >= 4 is 22.4 Å². The third kappa shape index (κ3) is 2.16. The molecule has 7 heteroatoms. The van der Waals surface area contributed by atoms with Gasteiger partial charge in [-0.1, -0.05) is 17.4 Å². The second-order valence-electron chi connectivity index (χ2n) is 5.79. The SMILES string of the molecule is Cc1cccc(C(=O)N2CC[C@@H]3[C@@H]2CCN3c2nncs2)n1. The molecular formula is C15H17N5OS. The zero-order valence-corrected chi connectivity index (χ0v) is 13.2. The number of anilines is 1. The zero-order valence-electron chi connectivity index (χ0n) is 12.3. The van der Waals surface area contributed by atoms with Crippen molar-refractivity contribution in [2.24, 2.45) is 0 Å². The summed E-state index contributed by atoms with van der Waals surface area (Å²) < 4.78 is 0. The Labute approximate surface area is 132 Å². The number of pyridine rings is 1. The number of hydrogen-bond donors (Lipinski definition) is 0. The van der Waals surface area contributed by atoms with Gasteiger partial charge in [-0.2, -0.15) is 0 Å². The van der Waals surface area contributed by atoms with Gasteiger partial charge in [0.25, 0.3) is 5.91 Å². The van der Waals surface area contributed by atoms with Gasteiger partial charge in [0.1, 0.15) is 11.2 Å². The molecule has 2 aromatic heterocycles. The Morgan fingerprint density at radius 2 is 2.14 bits per heavy atom. The highest BCUT2D eigenvalue weighted by molar-refractivity contribution is 7.13. The molecule has 6 nitrogen and oxygen atoms in total. The van der Waals surface area contributed by atoms with E-state index >= 15 is 0 Å². The van der Waals surface area contributed by atoms with E-state index in [0.29, 0.717) is 11.7 Å². The Hall–Kier alpha value is -2.02. The maximum Gasteiger partial charge on any atom is 0.272 e. The highest BCUT2D eigenvalue weighted by Gasteiger charge is 2.45. The van der Waals surface area contributed by atoms with E-state index in [1.54, 1.807) is 22.9 Å². The average molecular weight is 315 g/mol. The largest absolute Gasteiger partial charge is 0.341 e. The number of fused-ring (bicyclic) bond motifs is 1. The molecule has 0 radical (unpaired) electrons. The first kappa shape index (κ1) is 13.6. The number of aryl methyl sites for hydroxylation is 1. The lowest BCUT2D eigenvalue weighted by molar-refractivity contribution is 0.0731. The summed E-state index contributed by atoms with van der Waals surface area (Å²) in [5.74, 6) is 0.0512. The fourth-order valence-corrected chi connectivity index (χ4v) is 4.22. The molecule has 4 heterocycles. The van der Waals surface area contributed by atoms with E-state index < -0.39 is 0 Å². The fourth-order valence-electron chi connectivity index (χ4n) is 3.58. The van der Waals surface area contributed by atoms with E-state index in [0.717, 1.165) is 36.8 Å². The van der Waals surface area contributed by atoms with Crippen LogP contribution in [0.2, 0.25) is 0 Å². The van der Waals surface area contributed by atoms with E-state index in [1.165, 1.54) is 0 Å². The lowest BCUT2D eigenvalue weighted by Gasteiger charge is -2.25. The summed E-state index contributed by atoms with van der Waals surface area (Å²) in [6.45, 7) is 3.64. The van der Waals surface area contributed by atoms with Crippen LogP contribution in [-0.2, 0) is 0 Å². The minimum atomic E-state index is 0.0512. The molecule has 2 aromatic rings. The van der Waals surface area contributed by atoms with Gasteiger partial charge in [-0.05, 0) is 31.9 Å². The van der Waals surface area contributed by atoms with Crippen LogP contribution in [0.4, 0.5) is 5.13 Å². The van der Waals surface area contributed by atoms with Crippen LogP contribution in [0.5, 0.6) is 0 Å². The van der Waals surface area contributed by atoms with E-state index in [9.17, 15) is 4.79 Å². The summed E-state index contributed by atoms with van der Waals surface area (Å²) in [5.41, 5.74) is 3.19. The monoisotopic (exact) mass is 315 g/mol. The molecule has 2 fully saturated rings. The van der Waals surface area contributed by atoms with Gasteiger partial charge in [0.15, 0.2) is 0 Å². The van der Waals surface area contributed by atoms with Crippen molar-refractivity contribution < 1.29 is 4.79 Å². The molecule has 0 unspecified atom stereocenters. The molecule has 0 bridgehead atoms. The number of carbonyl (C=O) groups is 1. The van der Waals surface area contributed by atoms with Crippen molar-refractivity contribution in [2.75, 3.05) is 18.0 Å². The lowest BCUT2D eigenvalue weighted by Crippen LogP contribution is -2.40. The zero-order chi connectivity index (χ0) is 15.1. The second-order valence-corrected chi connectivity index (χ2v) is 6.60. The fraction of sp³-hybridized carbons (Fsp3) is 0.467. The van der Waals surface area contributed by atoms with Crippen LogP contribution in [0.3, 0.4) is 0 Å². The average Bonchev–Trinajstić information content (AvgIpc) is 3.23. The molecule has 2 saturated heterocycles. The molecule has 2 aliphatic heterocycles. The molecule has 22 heavy (non-hydrogen) atoms. The first-order valence-electron chi connectivity index (χ1n) is 7.51. The summed E-state index contributed by atoms with van der Waals surface area (Å²) in [6, 6.07) is 6.24. The van der Waals surface area contributed by atoms with Crippen LogP contribution >= 0.6 is 11.3 Å². The number of aromatic nitrogens is 3. The third-order valence-corrected chi connectivity index (χ3v) is 5.27. The minimum Gasteiger partial charge on any atom is -0.341 e. The number of amides is 1. The Bertz CT molecular complexity index is 689. The maximum absolute atomic E-state index is 12.8. The van der Waals surface area contributed by atoms with Crippen molar-refractivity contribution in [3.05, 3.63) is 35.1 Å². The standard InChI is InChI=1S/C15H17N5OS/c1-10-3-2-4-11(17-10)14(21)19-7-5-13-12(19)6-8-20(13)15-18-16-9-22-15/h2-4,9,12-13H,5-8H2,1H3/t12-,13+/m0/s1. The molecule has 2 aliphatic rings. The van der Waals surface area contributed by atoms with Crippen molar-refractivity contribution in [2.45, 2.75) is 31.8 Å². The highest BCUT2D eigenvalue weighted by atomic mass is 32.1. The van der Waals surface area contributed by atoms with Crippen molar-refractivity contribution in [3.8, 4) is 0 Å². The van der Waals surface area contributed by atoms with Crippen LogP contribution in [0.15, 0.2) is 23.7 Å². The molecule has 0 N–H and O–H groups in total. The van der Waals surface area contributed by atoms with Gasteiger partial charge in [-0.25, -0.2) is 4.98 Å². The van der Waals surface area contributed by atoms with Gasteiger partial charge in [0, 0.05) is 18.8 Å². The van der Waals surface area contributed by atoms with Crippen molar-refractivity contribution in [1.82, 2.24) is 20.1 Å². The van der Waals surface area contributed by atoms with Gasteiger partial charge in [-0.3, -0.25) is 4.79 Å². The normalized spacial score (nSPS) is 23.9. The number of carbonyl (C=O) groups excluding carboxylic acids is 1. The molecule has 0 aliphatic carbocycles. The van der Waals surface area contributed by atoms with Crippen molar-refractivity contribution in [3.63, 3.8) is 0 Å². The Morgan fingerprint density at radius 3 is 2.91 bits per heavy atom. The first-order chi connectivity index (χ1) is 10.7. The summed E-state index contributed by atoms with van der Waals surface area (Å²) >= 11 is 1.56. The molecule has 114 valence electrons. The maximum atomic E-state index is 12.8. The van der Waals surface area contributed by atoms with Crippen LogP contribution in [0, 0.1) is 6.92 Å². The molecular weight excluding hydrogens is 298 g/mol. The number of hydrogen-bond acceptors (Lipinski definition) is 6. The highest BCUT2D eigenvalue weighted by Crippen LogP contribution is 2.36. The molecule has 0 aromatic carbocycles. The Morgan fingerprint density at radius 1 is 1.27 bits per heavy atom. The van der Waals surface area contributed by atoms with Gasteiger partial charge < -0.3 is 9.80 Å². The quantitative estimate of drug-likeness (QED) is 0.844. The van der Waals surface area contributed by atoms with Crippen molar-refractivity contribution in [1.29, 1.82) is 0 Å². The van der Waals surface area contributed by atoms with E-state index in [2.05, 4.69) is 20.1 Å². The molecule has 1 amide bonds. The van der Waals surface area contributed by atoms with E-state index in [4.69, 9.17) is 0 Å². The third-order valence-electron chi connectivity index (χ3n) is 4.54. The number of nitrogens with zero attached hydrogens (tertiary/aromatic N) is 5. The number of likely N-dealkylation sites (tertiary alicyclic amines) is 1. The van der Waals surface area contributed by atoms with Gasteiger partial charge in [-0.15, -0.1) is 10.2 Å². The Kier molecular flexibility index (Phi) is 3.29. The predicted molar refractivity (Wildman–Crippen MR) is 84.1 cm³/mol. The van der Waals surface area contributed by atoms with E-state index in [1.807, 2.05) is 24.0 Å². The van der Waals surface area contributed by atoms with Gasteiger partial charge in [0.05, 0.1) is 12.1 Å². The van der Waals surface area contributed by atoms with Gasteiger partial charge in [0.2, 0.25) is 5.13 Å². The summed E-state index contributed by atoms with van der Waals surface area (Å²) in [5, 5.41) is 9.07. The van der Waals surface area contributed by atoms with Gasteiger partial charge >= 0.3 is 0 Å². The molecule has 0 saturated carbocycles. The Balaban J connectivity index is 1.55. The first-order valence-corrected chi connectivity index (χ1v) is 8.39. The van der Waals surface area contributed by atoms with E-state index in [-0.39, 0.29) is 11.9 Å². The molecule has 4 rings (SSSR count). The number of rotatable bonds is 2. The predicted octanol–water partition coefficient (Wildman–Crippen LogP) is 1.73. The lowest BCUT2D eigenvalue weighted by atomic mass is 10.1. The molecule has 2 atom stereocenters. The summed E-state index contributed by atoms with van der Waals surface area (Å²) in [6.07, 6.45) is 1.98. The van der Waals surface area contributed by atoms with Crippen LogP contribution in [0.1, 0.15) is 29.0 Å². The van der Waals surface area contributed by atoms with Crippen LogP contribution < -0.4 is 4.90 Å². The topological polar surface area (TPSA) is 62.2 Å². The van der Waals surface area contributed by atoms with Crippen LogP contribution in [-0.4, -0.2) is 51.2 Å².